The third-order valence-electron chi connectivity index (χ3n) is 4.25. The fourth-order valence-electron chi connectivity index (χ4n) is 3.00. The number of hydrogen-bond donors (Lipinski definition) is 3. The average Bonchev–Trinajstić information content (AvgIpc) is 3.20. The molecule has 0 unspecified atom stereocenters. The zero-order valence-electron chi connectivity index (χ0n) is 11.6. The molecule has 0 aromatic heterocycles. The standard InChI is InChI=1S/C14H22N2O4/c17-11(15-16-13(20)10-4-5-10)8-14(9-12(18)19)6-2-1-3-7-14/h10H,1-9H2,(H,15,17)(H,16,20)(H,18,19). The predicted octanol–water partition coefficient (Wildman–Crippen LogP) is 1.36. The fraction of sp³-hybridized carbons (Fsp3) is 0.786. The first-order valence-corrected chi connectivity index (χ1v) is 7.31. The van der Waals surface area contributed by atoms with Gasteiger partial charge in [-0.25, -0.2) is 0 Å². The van der Waals surface area contributed by atoms with Gasteiger partial charge in [-0.05, 0) is 31.1 Å². The van der Waals surface area contributed by atoms with Crippen molar-refractivity contribution in [2.24, 2.45) is 11.3 Å². The molecule has 2 aliphatic carbocycles. The van der Waals surface area contributed by atoms with Crippen molar-refractivity contribution < 1.29 is 19.5 Å². The number of carboxylic acids is 1. The van der Waals surface area contributed by atoms with Gasteiger partial charge in [-0.3, -0.25) is 25.2 Å². The maximum absolute atomic E-state index is 11.9. The van der Waals surface area contributed by atoms with Crippen LogP contribution >= 0.6 is 0 Å². The molecule has 0 spiro atoms. The molecule has 2 amide bonds. The molecule has 0 bridgehead atoms. The molecule has 20 heavy (non-hydrogen) atoms. The number of carbonyl (C=O) groups excluding carboxylic acids is 2. The van der Waals surface area contributed by atoms with Gasteiger partial charge in [0.05, 0.1) is 6.42 Å². The van der Waals surface area contributed by atoms with Crippen molar-refractivity contribution in [3.8, 4) is 0 Å². The van der Waals surface area contributed by atoms with E-state index in [9.17, 15) is 14.4 Å². The van der Waals surface area contributed by atoms with Crippen LogP contribution in [0.25, 0.3) is 0 Å². The first-order chi connectivity index (χ1) is 9.51. The molecule has 2 aliphatic rings. The second-order valence-corrected chi connectivity index (χ2v) is 6.12. The second-order valence-electron chi connectivity index (χ2n) is 6.12. The number of amides is 2. The van der Waals surface area contributed by atoms with Crippen molar-refractivity contribution in [1.82, 2.24) is 10.9 Å². The zero-order chi connectivity index (χ0) is 14.6. The van der Waals surface area contributed by atoms with E-state index in [0.29, 0.717) is 0 Å². The van der Waals surface area contributed by atoms with E-state index in [-0.39, 0.29) is 30.6 Å². The summed E-state index contributed by atoms with van der Waals surface area (Å²) in [5.74, 6) is -1.25. The molecule has 6 heteroatoms. The SMILES string of the molecule is O=C(O)CC1(CC(=O)NNC(=O)C2CC2)CCCCC1. The predicted molar refractivity (Wildman–Crippen MR) is 71.4 cm³/mol. The number of carboxylic acid groups (broad SMARTS) is 1. The van der Waals surface area contributed by atoms with Crippen molar-refractivity contribution in [2.45, 2.75) is 57.8 Å². The lowest BCUT2D eigenvalue weighted by atomic mass is 9.69. The molecule has 2 saturated carbocycles. The topological polar surface area (TPSA) is 95.5 Å². The molecule has 112 valence electrons. The van der Waals surface area contributed by atoms with E-state index < -0.39 is 11.4 Å². The summed E-state index contributed by atoms with van der Waals surface area (Å²) in [6.45, 7) is 0. The number of carbonyl (C=O) groups is 3. The molecule has 0 aliphatic heterocycles. The van der Waals surface area contributed by atoms with Crippen LogP contribution in [0.4, 0.5) is 0 Å². The quantitative estimate of drug-likeness (QED) is 0.663. The van der Waals surface area contributed by atoms with Gasteiger partial charge in [0.15, 0.2) is 0 Å². The Hall–Kier alpha value is -1.59. The number of nitrogens with one attached hydrogen (secondary N) is 2. The third-order valence-corrected chi connectivity index (χ3v) is 4.25. The highest BCUT2D eigenvalue weighted by atomic mass is 16.4. The van der Waals surface area contributed by atoms with Crippen LogP contribution in [0.5, 0.6) is 0 Å². The van der Waals surface area contributed by atoms with Crippen LogP contribution in [-0.4, -0.2) is 22.9 Å². The Kier molecular flexibility index (Phi) is 4.62. The minimum atomic E-state index is -0.860. The van der Waals surface area contributed by atoms with Gasteiger partial charge in [0.2, 0.25) is 11.8 Å². The first-order valence-electron chi connectivity index (χ1n) is 7.31. The van der Waals surface area contributed by atoms with Crippen LogP contribution in [-0.2, 0) is 14.4 Å². The van der Waals surface area contributed by atoms with Crippen LogP contribution < -0.4 is 10.9 Å². The smallest absolute Gasteiger partial charge is 0.303 e. The summed E-state index contributed by atoms with van der Waals surface area (Å²) in [5.41, 5.74) is 4.39. The Morgan fingerprint density at radius 2 is 1.65 bits per heavy atom. The maximum Gasteiger partial charge on any atom is 0.303 e. The van der Waals surface area contributed by atoms with Gasteiger partial charge in [-0.2, -0.15) is 0 Å². The van der Waals surface area contributed by atoms with E-state index in [2.05, 4.69) is 10.9 Å². The summed E-state index contributed by atoms with van der Waals surface area (Å²) in [5, 5.41) is 9.04. The van der Waals surface area contributed by atoms with Crippen LogP contribution in [0, 0.1) is 11.3 Å². The molecule has 3 N–H and O–H groups in total. The lowest BCUT2D eigenvalue weighted by Gasteiger charge is -2.35. The Labute approximate surface area is 118 Å². The summed E-state index contributed by atoms with van der Waals surface area (Å²) in [7, 11) is 0. The molecule has 6 nitrogen and oxygen atoms in total. The molecule has 0 saturated heterocycles. The maximum atomic E-state index is 11.9. The normalized spacial score (nSPS) is 21.0. The van der Waals surface area contributed by atoms with Crippen LogP contribution in [0.15, 0.2) is 0 Å². The van der Waals surface area contributed by atoms with Crippen LogP contribution in [0.1, 0.15) is 57.8 Å². The molecular weight excluding hydrogens is 260 g/mol. The van der Waals surface area contributed by atoms with Crippen molar-refractivity contribution >= 4 is 17.8 Å². The van der Waals surface area contributed by atoms with Gasteiger partial charge in [-0.15, -0.1) is 0 Å². The number of aliphatic carboxylic acids is 1. The first kappa shape index (κ1) is 14.8. The van der Waals surface area contributed by atoms with Gasteiger partial charge >= 0.3 is 5.97 Å². The lowest BCUT2D eigenvalue weighted by Crippen LogP contribution is -2.45. The van der Waals surface area contributed by atoms with E-state index in [1.54, 1.807) is 0 Å². The molecule has 0 atom stereocenters. The lowest BCUT2D eigenvalue weighted by molar-refractivity contribution is -0.141. The summed E-state index contributed by atoms with van der Waals surface area (Å²) in [6, 6.07) is 0. The molecular formula is C14H22N2O4. The third kappa shape index (κ3) is 4.21. The molecule has 0 radical (unpaired) electrons. The van der Waals surface area contributed by atoms with Gasteiger partial charge in [0.25, 0.3) is 0 Å². The summed E-state index contributed by atoms with van der Waals surface area (Å²) >= 11 is 0. The van der Waals surface area contributed by atoms with E-state index >= 15 is 0 Å². The van der Waals surface area contributed by atoms with E-state index in [4.69, 9.17) is 5.11 Å². The van der Waals surface area contributed by atoms with Gasteiger partial charge in [0.1, 0.15) is 0 Å². The largest absolute Gasteiger partial charge is 0.481 e. The molecule has 0 aromatic carbocycles. The van der Waals surface area contributed by atoms with Crippen molar-refractivity contribution in [1.29, 1.82) is 0 Å². The highest BCUT2D eigenvalue weighted by Gasteiger charge is 2.37. The molecule has 0 aromatic rings. The molecule has 2 rings (SSSR count). The van der Waals surface area contributed by atoms with Gasteiger partial charge in [0, 0.05) is 12.3 Å². The molecule has 0 heterocycles. The van der Waals surface area contributed by atoms with Crippen LogP contribution in [0.3, 0.4) is 0 Å². The number of rotatable bonds is 5. The Morgan fingerprint density at radius 3 is 2.20 bits per heavy atom. The number of hydrazine groups is 1. The van der Waals surface area contributed by atoms with Gasteiger partial charge in [-0.1, -0.05) is 19.3 Å². The minimum absolute atomic E-state index is 0.0248. The highest BCUT2D eigenvalue weighted by molar-refractivity contribution is 5.85. The van der Waals surface area contributed by atoms with Crippen molar-refractivity contribution in [3.05, 3.63) is 0 Å². The zero-order valence-corrected chi connectivity index (χ0v) is 11.6. The Bertz CT molecular complexity index is 398. The Morgan fingerprint density at radius 1 is 1.00 bits per heavy atom. The monoisotopic (exact) mass is 282 g/mol. The van der Waals surface area contributed by atoms with Gasteiger partial charge < -0.3 is 5.11 Å². The van der Waals surface area contributed by atoms with Crippen molar-refractivity contribution in [2.75, 3.05) is 0 Å². The Balaban J connectivity index is 1.84. The van der Waals surface area contributed by atoms with Crippen LogP contribution in [0.2, 0.25) is 0 Å². The molecule has 2 fully saturated rings. The summed E-state index contributed by atoms with van der Waals surface area (Å²) in [4.78, 5) is 34.4. The second kappa shape index (κ2) is 6.24. The minimum Gasteiger partial charge on any atom is -0.481 e. The van der Waals surface area contributed by atoms with E-state index in [1.165, 1.54) is 0 Å². The highest BCUT2D eigenvalue weighted by Crippen LogP contribution is 2.42. The summed E-state index contributed by atoms with van der Waals surface area (Å²) in [6.07, 6.45) is 6.52. The fourth-order valence-corrected chi connectivity index (χ4v) is 3.00. The van der Waals surface area contributed by atoms with E-state index in [1.807, 2.05) is 0 Å². The average molecular weight is 282 g/mol. The van der Waals surface area contributed by atoms with Crippen molar-refractivity contribution in [3.63, 3.8) is 0 Å². The van der Waals surface area contributed by atoms with E-state index in [0.717, 1.165) is 44.9 Å². The summed E-state index contributed by atoms with van der Waals surface area (Å²) < 4.78 is 0. The number of hydrogen-bond acceptors (Lipinski definition) is 3.